The minimum Gasteiger partial charge on any atom is -0.388 e. The predicted molar refractivity (Wildman–Crippen MR) is 77.7 cm³/mol. The Morgan fingerprint density at radius 3 is 3.05 bits per heavy atom. The number of amides is 1. The van der Waals surface area contributed by atoms with E-state index in [1.165, 1.54) is 6.08 Å². The van der Waals surface area contributed by atoms with Gasteiger partial charge in [0.2, 0.25) is 5.91 Å². The minimum atomic E-state index is -0.794. The topological polar surface area (TPSA) is 148 Å². The summed E-state index contributed by atoms with van der Waals surface area (Å²) in [6, 6.07) is -0.794. The second-order valence-electron chi connectivity index (χ2n) is 4.02. The molecule has 1 atom stereocenters. The molecule has 1 amide bonds. The Bertz CT molecular complexity index is 492. The molecule has 1 aromatic rings. The number of nitrogens with two attached hydrogens (primary N) is 2. The monoisotopic (exact) mass is 290 g/mol. The van der Waals surface area contributed by atoms with E-state index >= 15 is 0 Å². The van der Waals surface area contributed by atoms with Crippen LogP contribution in [0.3, 0.4) is 0 Å². The van der Waals surface area contributed by atoms with E-state index in [2.05, 4.69) is 30.9 Å². The molecule has 1 heterocycles. The molecule has 0 aliphatic rings. The van der Waals surface area contributed by atoms with Gasteiger partial charge in [0.25, 0.3) is 5.95 Å². The molecule has 1 aromatic heterocycles. The third-order valence-electron chi connectivity index (χ3n) is 2.24. The first-order valence-electron chi connectivity index (χ1n) is 5.90. The number of carbonyl (C=O) groups excluding carboxylic acids is 1. The Hall–Kier alpha value is -2.36. The number of aliphatic imine (C=N–C) groups is 1. The zero-order chi connectivity index (χ0) is 15.0. The SMILES string of the molecule is CC(N)=NC/C(F)=C\CC[C@H](N)C(=O)Nc1nn[nH]n1.[HH].[HH].[HH]. The van der Waals surface area contributed by atoms with E-state index < -0.39 is 17.8 Å². The van der Waals surface area contributed by atoms with Crippen molar-refractivity contribution < 1.29 is 13.5 Å². The molecule has 0 aliphatic carbocycles. The third kappa shape index (κ3) is 6.00. The van der Waals surface area contributed by atoms with Gasteiger partial charge < -0.3 is 11.5 Å². The zero-order valence-corrected chi connectivity index (χ0v) is 11.0. The predicted octanol–water partition coefficient (Wildman–Crippen LogP) is 0.214. The fourth-order valence-corrected chi connectivity index (χ4v) is 1.23. The number of tetrazole rings is 1. The molecule has 0 aliphatic heterocycles. The van der Waals surface area contributed by atoms with Gasteiger partial charge in [0.05, 0.1) is 18.4 Å². The number of allylic oxidation sites excluding steroid dienone is 1. The number of nitrogens with zero attached hydrogens (tertiary/aromatic N) is 4. The van der Waals surface area contributed by atoms with E-state index in [1.807, 2.05) is 0 Å². The van der Waals surface area contributed by atoms with Crippen LogP contribution in [-0.4, -0.2) is 45.0 Å². The molecule has 0 saturated heterocycles. The van der Waals surface area contributed by atoms with Crippen molar-refractivity contribution in [3.63, 3.8) is 0 Å². The smallest absolute Gasteiger partial charge is 0.269 e. The minimum absolute atomic E-state index is 0. The Morgan fingerprint density at radius 2 is 2.45 bits per heavy atom. The Morgan fingerprint density at radius 1 is 1.70 bits per heavy atom. The van der Waals surface area contributed by atoms with Gasteiger partial charge in [-0.25, -0.2) is 4.39 Å². The highest BCUT2D eigenvalue weighted by Gasteiger charge is 2.14. The summed E-state index contributed by atoms with van der Waals surface area (Å²) in [7, 11) is 0. The Labute approximate surface area is 119 Å². The number of amidine groups is 1. The summed E-state index contributed by atoms with van der Waals surface area (Å²) in [5.74, 6) is -0.527. The fourth-order valence-electron chi connectivity index (χ4n) is 1.23. The van der Waals surface area contributed by atoms with Gasteiger partial charge in [-0.3, -0.25) is 15.1 Å². The summed E-state index contributed by atoms with van der Waals surface area (Å²) in [5.41, 5.74) is 10.9. The first-order valence-corrected chi connectivity index (χ1v) is 5.90. The number of H-pyrrole nitrogens is 1. The Kier molecular flexibility index (Phi) is 6.23. The summed E-state index contributed by atoms with van der Waals surface area (Å²) in [6.45, 7) is 1.47. The van der Waals surface area contributed by atoms with E-state index in [4.69, 9.17) is 11.5 Å². The van der Waals surface area contributed by atoms with Crippen molar-refractivity contribution >= 4 is 17.7 Å². The molecule has 0 spiro atoms. The van der Waals surface area contributed by atoms with Crippen LogP contribution >= 0.6 is 0 Å². The van der Waals surface area contributed by atoms with E-state index in [9.17, 15) is 9.18 Å². The zero-order valence-electron chi connectivity index (χ0n) is 11.0. The molecule has 6 N–H and O–H groups in total. The summed E-state index contributed by atoms with van der Waals surface area (Å²) in [4.78, 5) is 15.3. The maximum absolute atomic E-state index is 13.2. The Balaban J connectivity index is -0.00000133. The van der Waals surface area contributed by atoms with Crippen molar-refractivity contribution in [3.05, 3.63) is 11.9 Å². The van der Waals surface area contributed by atoms with E-state index in [0.29, 0.717) is 12.3 Å². The normalized spacial score (nSPS) is 14.2. The highest BCUT2D eigenvalue weighted by molar-refractivity contribution is 5.93. The molecule has 0 fully saturated rings. The number of aromatic nitrogens is 4. The highest BCUT2D eigenvalue weighted by Crippen LogP contribution is 2.04. The van der Waals surface area contributed by atoms with Crippen LogP contribution in [0.5, 0.6) is 0 Å². The van der Waals surface area contributed by atoms with Crippen molar-refractivity contribution in [2.45, 2.75) is 25.8 Å². The van der Waals surface area contributed by atoms with Crippen molar-refractivity contribution in [1.82, 2.24) is 20.6 Å². The average molecular weight is 290 g/mol. The van der Waals surface area contributed by atoms with Gasteiger partial charge in [-0.2, -0.15) is 5.21 Å². The fraction of sp³-hybridized carbons (Fsp3) is 0.500. The standard InChI is InChI=1S/C10H17FN8O.3H2/c1-6(12)14-5-7(11)3-2-4-8(13)9(20)15-10-16-18-19-17-10;;;/h3,8H,2,4-5,13H2,1H3,(H2,12,14)(H2,15,16,17,18,19,20);3*1H/b7-3+;;;/t8-;;;/m0.../s1. The van der Waals surface area contributed by atoms with Crippen LogP contribution in [0, 0.1) is 0 Å². The first-order chi connectivity index (χ1) is 9.49. The lowest BCUT2D eigenvalue weighted by Gasteiger charge is -2.08. The molecule has 1 rings (SSSR count). The summed E-state index contributed by atoms with van der Waals surface area (Å²) in [5, 5.41) is 14.9. The number of carbonyl (C=O) groups is 1. The number of hydrogen-bond acceptors (Lipinski definition) is 6. The molecule has 0 bridgehead atoms. The van der Waals surface area contributed by atoms with Crippen LogP contribution in [-0.2, 0) is 4.79 Å². The molecule has 0 radical (unpaired) electrons. The van der Waals surface area contributed by atoms with Crippen molar-refractivity contribution in [1.29, 1.82) is 0 Å². The summed E-state index contributed by atoms with van der Waals surface area (Å²) < 4.78 is 13.2. The number of anilines is 1. The average Bonchev–Trinajstić information content (AvgIpc) is 2.89. The second kappa shape index (κ2) is 7.94. The van der Waals surface area contributed by atoms with E-state index in [1.54, 1.807) is 6.92 Å². The van der Waals surface area contributed by atoms with Crippen LogP contribution in [0.2, 0.25) is 0 Å². The van der Waals surface area contributed by atoms with E-state index in [0.717, 1.165) is 0 Å². The molecular formula is C10H23FN8O. The number of halogens is 1. The van der Waals surface area contributed by atoms with Crippen LogP contribution in [0.4, 0.5) is 10.3 Å². The summed E-state index contributed by atoms with van der Waals surface area (Å²) in [6.07, 6.45) is 1.92. The number of hydrogen-bond donors (Lipinski definition) is 4. The maximum Gasteiger partial charge on any atom is 0.269 e. The van der Waals surface area contributed by atoms with Gasteiger partial charge in [-0.05, 0) is 25.0 Å². The molecular weight excluding hydrogens is 267 g/mol. The number of aromatic amines is 1. The van der Waals surface area contributed by atoms with Crippen molar-refractivity contribution in [2.75, 3.05) is 11.9 Å². The number of nitrogens with one attached hydrogen (secondary N) is 2. The number of rotatable bonds is 7. The molecule has 10 heteroatoms. The largest absolute Gasteiger partial charge is 0.388 e. The van der Waals surface area contributed by atoms with Gasteiger partial charge in [-0.15, -0.1) is 5.10 Å². The van der Waals surface area contributed by atoms with Gasteiger partial charge in [0, 0.05) is 4.28 Å². The first kappa shape index (κ1) is 15.7. The molecule has 20 heavy (non-hydrogen) atoms. The lowest BCUT2D eigenvalue weighted by Crippen LogP contribution is -2.35. The van der Waals surface area contributed by atoms with Crippen molar-refractivity contribution in [2.24, 2.45) is 16.5 Å². The summed E-state index contributed by atoms with van der Waals surface area (Å²) >= 11 is 0. The van der Waals surface area contributed by atoms with Crippen LogP contribution in [0.15, 0.2) is 16.9 Å². The lowest BCUT2D eigenvalue weighted by atomic mass is 10.1. The molecule has 9 nitrogen and oxygen atoms in total. The quantitative estimate of drug-likeness (QED) is 0.417. The van der Waals surface area contributed by atoms with Crippen LogP contribution in [0.1, 0.15) is 24.0 Å². The molecule has 116 valence electrons. The van der Waals surface area contributed by atoms with Gasteiger partial charge >= 0.3 is 0 Å². The van der Waals surface area contributed by atoms with Crippen molar-refractivity contribution in [3.8, 4) is 0 Å². The van der Waals surface area contributed by atoms with Gasteiger partial charge in [0.1, 0.15) is 5.83 Å². The molecule has 0 aromatic carbocycles. The second-order valence-corrected chi connectivity index (χ2v) is 4.02. The molecule has 0 unspecified atom stereocenters. The molecule has 0 saturated carbocycles. The third-order valence-corrected chi connectivity index (χ3v) is 2.24. The van der Waals surface area contributed by atoms with Gasteiger partial charge in [0.15, 0.2) is 0 Å². The lowest BCUT2D eigenvalue weighted by molar-refractivity contribution is -0.117. The highest BCUT2D eigenvalue weighted by atomic mass is 19.1. The maximum atomic E-state index is 13.2. The van der Waals surface area contributed by atoms with Crippen LogP contribution < -0.4 is 16.8 Å². The van der Waals surface area contributed by atoms with Gasteiger partial charge in [-0.1, -0.05) is 11.2 Å². The van der Waals surface area contributed by atoms with E-state index in [-0.39, 0.29) is 23.2 Å². The van der Waals surface area contributed by atoms with Crippen LogP contribution in [0.25, 0.3) is 0 Å².